The van der Waals surface area contributed by atoms with E-state index in [0.717, 1.165) is 38.6 Å². The number of aromatic amines is 1. The fraction of sp³-hybridized carbons (Fsp3) is 0.286. The molecule has 128 valence electrons. The first-order valence-electron chi connectivity index (χ1n) is 8.39. The van der Waals surface area contributed by atoms with Gasteiger partial charge in [0.25, 0.3) is 5.56 Å². The van der Waals surface area contributed by atoms with Gasteiger partial charge >= 0.3 is 0 Å². The summed E-state index contributed by atoms with van der Waals surface area (Å²) < 4.78 is 5.72. The van der Waals surface area contributed by atoms with E-state index in [1.54, 1.807) is 6.26 Å². The number of H-pyrrole nitrogens is 1. The van der Waals surface area contributed by atoms with Gasteiger partial charge in [0, 0.05) is 27.3 Å². The summed E-state index contributed by atoms with van der Waals surface area (Å²) in [4.78, 5) is 15.7. The lowest BCUT2D eigenvalue weighted by molar-refractivity contribution is 0.606. The van der Waals surface area contributed by atoms with Crippen LogP contribution in [0.25, 0.3) is 21.9 Å². The summed E-state index contributed by atoms with van der Waals surface area (Å²) in [6.07, 6.45) is 9.78. The molecule has 0 saturated carbocycles. The van der Waals surface area contributed by atoms with E-state index in [2.05, 4.69) is 24.1 Å². The maximum Gasteiger partial charge on any atom is 0.251 e. The molecule has 0 bridgehead atoms. The van der Waals surface area contributed by atoms with Crippen LogP contribution in [0.5, 0.6) is 0 Å². The zero-order valence-electron chi connectivity index (χ0n) is 14.7. The highest BCUT2D eigenvalue weighted by Gasteiger charge is 2.36. The van der Waals surface area contributed by atoms with Gasteiger partial charge in [-0.3, -0.25) is 4.79 Å². The van der Waals surface area contributed by atoms with E-state index in [1.165, 1.54) is 0 Å². The Morgan fingerprint density at radius 3 is 2.64 bits per heavy atom. The lowest BCUT2D eigenvalue weighted by atomic mass is 9.73. The van der Waals surface area contributed by atoms with Gasteiger partial charge in [-0.05, 0) is 38.0 Å². The molecule has 2 atom stereocenters. The van der Waals surface area contributed by atoms with Gasteiger partial charge in [-0.1, -0.05) is 31.2 Å². The number of pyridine rings is 1. The van der Waals surface area contributed by atoms with Crippen LogP contribution in [-0.2, 0) is 5.41 Å². The minimum Gasteiger partial charge on any atom is -0.464 e. The van der Waals surface area contributed by atoms with Crippen molar-refractivity contribution in [2.75, 3.05) is 0 Å². The van der Waals surface area contributed by atoms with E-state index < -0.39 is 5.41 Å². The molecule has 1 aliphatic rings. The number of rotatable bonds is 1. The summed E-state index contributed by atoms with van der Waals surface area (Å²) >= 11 is 6.68. The Kier molecular flexibility index (Phi) is 3.48. The van der Waals surface area contributed by atoms with E-state index in [0.29, 0.717) is 5.56 Å². The number of aromatic nitrogens is 1. The summed E-state index contributed by atoms with van der Waals surface area (Å²) in [6, 6.07) is 2.12. The second-order valence-corrected chi connectivity index (χ2v) is 7.57. The van der Waals surface area contributed by atoms with Gasteiger partial charge in [0.05, 0.1) is 17.2 Å². The Hall–Kier alpha value is -2.26. The van der Waals surface area contributed by atoms with E-state index in [-0.39, 0.29) is 10.9 Å². The summed E-state index contributed by atoms with van der Waals surface area (Å²) in [5.41, 5.74) is 4.83. The van der Waals surface area contributed by atoms with Gasteiger partial charge < -0.3 is 9.40 Å². The second kappa shape index (κ2) is 5.37. The van der Waals surface area contributed by atoms with Crippen LogP contribution in [0.1, 0.15) is 29.2 Å². The maximum absolute atomic E-state index is 12.7. The molecule has 0 amide bonds. The minimum absolute atomic E-state index is 0.0822. The standard InChI is InChI=1S/C21H20ClNO2/c1-11-10-25-19-13(3)18-15(9-14(11)19)17(12(2)20(24)23-18)21(4)8-6-5-7-16(21)22/h5-10,16H,1-4H3,(H,23,24). The molecular formula is C21H20ClNO2. The zero-order valence-corrected chi connectivity index (χ0v) is 15.5. The van der Waals surface area contributed by atoms with E-state index in [9.17, 15) is 4.79 Å². The topological polar surface area (TPSA) is 46.0 Å². The SMILES string of the molecule is Cc1c(C2(C)C=CC=CC2Cl)c2cc3c(C)coc3c(C)c2[nH]c1=O. The molecule has 4 heteroatoms. The number of fused-ring (bicyclic) bond motifs is 2. The van der Waals surface area contributed by atoms with Gasteiger partial charge in [-0.15, -0.1) is 11.6 Å². The number of halogens is 1. The Bertz CT molecular complexity index is 1130. The maximum atomic E-state index is 12.7. The lowest BCUT2D eigenvalue weighted by Crippen LogP contribution is -2.34. The number of hydrogen-bond donors (Lipinski definition) is 1. The van der Waals surface area contributed by atoms with Crippen LogP contribution in [0.15, 0.2) is 45.8 Å². The number of alkyl halides is 1. The third-order valence-corrected chi connectivity index (χ3v) is 6.06. The molecule has 2 unspecified atom stereocenters. The molecule has 0 aliphatic heterocycles. The van der Waals surface area contributed by atoms with Crippen LogP contribution >= 0.6 is 11.6 Å². The highest BCUT2D eigenvalue weighted by Crippen LogP contribution is 2.42. The first kappa shape index (κ1) is 16.2. The summed E-state index contributed by atoms with van der Waals surface area (Å²) in [7, 11) is 0. The molecular weight excluding hydrogens is 334 g/mol. The number of nitrogens with one attached hydrogen (secondary N) is 1. The van der Waals surface area contributed by atoms with Crippen molar-refractivity contribution in [1.82, 2.24) is 4.98 Å². The van der Waals surface area contributed by atoms with Crippen molar-refractivity contribution in [3.05, 3.63) is 69.2 Å². The van der Waals surface area contributed by atoms with Crippen molar-refractivity contribution in [3.63, 3.8) is 0 Å². The molecule has 0 fully saturated rings. The van der Waals surface area contributed by atoms with Crippen LogP contribution in [0, 0.1) is 20.8 Å². The van der Waals surface area contributed by atoms with E-state index in [1.807, 2.05) is 39.0 Å². The molecule has 0 spiro atoms. The van der Waals surface area contributed by atoms with Gasteiger partial charge in [0.2, 0.25) is 0 Å². The normalized spacial score (nSPS) is 23.0. The van der Waals surface area contributed by atoms with Crippen LogP contribution < -0.4 is 5.56 Å². The van der Waals surface area contributed by atoms with Crippen LogP contribution in [-0.4, -0.2) is 10.4 Å². The Morgan fingerprint density at radius 2 is 1.92 bits per heavy atom. The zero-order chi connectivity index (χ0) is 17.9. The van der Waals surface area contributed by atoms with E-state index in [4.69, 9.17) is 16.0 Å². The Balaban J connectivity index is 2.22. The van der Waals surface area contributed by atoms with Crippen molar-refractivity contribution in [2.45, 2.75) is 38.5 Å². The van der Waals surface area contributed by atoms with Crippen molar-refractivity contribution in [2.24, 2.45) is 0 Å². The smallest absolute Gasteiger partial charge is 0.251 e. The van der Waals surface area contributed by atoms with Crippen molar-refractivity contribution < 1.29 is 4.42 Å². The second-order valence-electron chi connectivity index (χ2n) is 7.10. The molecule has 0 saturated heterocycles. The largest absolute Gasteiger partial charge is 0.464 e. The Labute approximate surface area is 151 Å². The monoisotopic (exact) mass is 353 g/mol. The van der Waals surface area contributed by atoms with Crippen molar-refractivity contribution in [1.29, 1.82) is 0 Å². The average molecular weight is 354 g/mol. The molecule has 4 rings (SSSR count). The molecule has 1 N–H and O–H groups in total. The average Bonchev–Trinajstić information content (AvgIpc) is 2.94. The summed E-state index contributed by atoms with van der Waals surface area (Å²) in [6.45, 7) is 7.98. The number of furan rings is 1. The first-order chi connectivity index (χ1) is 11.8. The van der Waals surface area contributed by atoms with Crippen LogP contribution in [0.3, 0.4) is 0 Å². The van der Waals surface area contributed by atoms with Crippen LogP contribution in [0.4, 0.5) is 0 Å². The molecule has 2 aromatic heterocycles. The van der Waals surface area contributed by atoms with Crippen molar-refractivity contribution >= 4 is 33.5 Å². The van der Waals surface area contributed by atoms with Crippen LogP contribution in [0.2, 0.25) is 0 Å². The number of hydrogen-bond acceptors (Lipinski definition) is 2. The highest BCUT2D eigenvalue weighted by atomic mass is 35.5. The number of aryl methyl sites for hydroxylation is 2. The summed E-state index contributed by atoms with van der Waals surface area (Å²) in [5.74, 6) is 0. The molecule has 2 heterocycles. The quantitative estimate of drug-likeness (QED) is 0.612. The predicted molar refractivity (Wildman–Crippen MR) is 104 cm³/mol. The van der Waals surface area contributed by atoms with Gasteiger partial charge in [0.1, 0.15) is 5.58 Å². The third-order valence-electron chi connectivity index (χ3n) is 5.47. The van der Waals surface area contributed by atoms with Gasteiger partial charge in [0.15, 0.2) is 0 Å². The van der Waals surface area contributed by atoms with E-state index >= 15 is 0 Å². The van der Waals surface area contributed by atoms with Crippen molar-refractivity contribution in [3.8, 4) is 0 Å². The molecule has 3 nitrogen and oxygen atoms in total. The molecule has 0 radical (unpaired) electrons. The number of allylic oxidation sites excluding steroid dienone is 4. The van der Waals surface area contributed by atoms with Gasteiger partial charge in [-0.25, -0.2) is 0 Å². The molecule has 1 aliphatic carbocycles. The fourth-order valence-electron chi connectivity index (χ4n) is 3.96. The number of benzene rings is 1. The predicted octanol–water partition coefficient (Wildman–Crippen LogP) is 5.19. The van der Waals surface area contributed by atoms with Gasteiger partial charge in [-0.2, -0.15) is 0 Å². The minimum atomic E-state index is -0.454. The lowest BCUT2D eigenvalue weighted by Gasteiger charge is -2.34. The summed E-state index contributed by atoms with van der Waals surface area (Å²) in [5, 5.41) is 1.88. The molecule has 3 aromatic rings. The third kappa shape index (κ3) is 2.15. The highest BCUT2D eigenvalue weighted by molar-refractivity contribution is 6.23. The molecule has 1 aromatic carbocycles. The fourth-order valence-corrected chi connectivity index (χ4v) is 4.23. The first-order valence-corrected chi connectivity index (χ1v) is 8.83. The molecule has 25 heavy (non-hydrogen) atoms. The Morgan fingerprint density at radius 1 is 1.16 bits per heavy atom.